The van der Waals surface area contributed by atoms with Gasteiger partial charge in [-0.1, -0.05) is 55.9 Å². The van der Waals surface area contributed by atoms with Gasteiger partial charge in [0.25, 0.3) is 0 Å². The van der Waals surface area contributed by atoms with Gasteiger partial charge in [-0.3, -0.25) is 4.79 Å². The molecule has 2 rings (SSSR count). The van der Waals surface area contributed by atoms with Crippen molar-refractivity contribution in [1.29, 1.82) is 0 Å². The second-order valence-electron chi connectivity index (χ2n) is 4.81. The lowest BCUT2D eigenvalue weighted by Crippen LogP contribution is -2.11. The van der Waals surface area contributed by atoms with Crippen LogP contribution >= 0.6 is 11.8 Å². The van der Waals surface area contributed by atoms with E-state index in [1.165, 1.54) is 11.8 Å². The van der Waals surface area contributed by atoms with E-state index in [1.54, 1.807) is 0 Å². The van der Waals surface area contributed by atoms with Crippen LogP contribution in [0.2, 0.25) is 0 Å². The number of rotatable bonds is 7. The summed E-state index contributed by atoms with van der Waals surface area (Å²) in [4.78, 5) is 15.3. The monoisotopic (exact) mass is 304 g/mol. The molecule has 0 bridgehead atoms. The third kappa shape index (κ3) is 3.67. The quantitative estimate of drug-likeness (QED) is 0.783. The molecular formula is C16H20N2O2S. The maximum Gasteiger partial charge on any atom is 0.313 e. The van der Waals surface area contributed by atoms with E-state index in [4.69, 9.17) is 5.11 Å². The van der Waals surface area contributed by atoms with E-state index in [1.807, 2.05) is 24.4 Å². The van der Waals surface area contributed by atoms with E-state index >= 15 is 0 Å². The molecule has 0 radical (unpaired) electrons. The summed E-state index contributed by atoms with van der Waals surface area (Å²) in [7, 11) is 0. The summed E-state index contributed by atoms with van der Waals surface area (Å²) in [5, 5.41) is 9.67. The van der Waals surface area contributed by atoms with Crippen LogP contribution in [0.3, 0.4) is 0 Å². The number of aliphatic carboxylic acids is 1. The van der Waals surface area contributed by atoms with Crippen LogP contribution in [0.4, 0.5) is 0 Å². The molecular weight excluding hydrogens is 284 g/mol. The molecule has 0 unspecified atom stereocenters. The topological polar surface area (TPSA) is 55.1 Å². The van der Waals surface area contributed by atoms with Crippen molar-refractivity contribution in [3.05, 3.63) is 36.5 Å². The fraction of sp³-hybridized carbons (Fsp3) is 0.375. The number of nitrogens with zero attached hydrogens (tertiary/aromatic N) is 2. The smallest absolute Gasteiger partial charge is 0.313 e. The molecule has 0 amide bonds. The van der Waals surface area contributed by atoms with Gasteiger partial charge in [-0.15, -0.1) is 0 Å². The third-order valence-electron chi connectivity index (χ3n) is 3.46. The number of hydrogen-bond donors (Lipinski definition) is 1. The van der Waals surface area contributed by atoms with Crippen molar-refractivity contribution in [2.24, 2.45) is 0 Å². The van der Waals surface area contributed by atoms with Crippen molar-refractivity contribution < 1.29 is 9.90 Å². The van der Waals surface area contributed by atoms with Gasteiger partial charge in [0, 0.05) is 6.04 Å². The van der Waals surface area contributed by atoms with Crippen LogP contribution in [0.15, 0.2) is 41.7 Å². The molecule has 1 heterocycles. The highest BCUT2D eigenvalue weighted by atomic mass is 32.2. The number of imidazole rings is 1. The lowest BCUT2D eigenvalue weighted by atomic mass is 10.1. The van der Waals surface area contributed by atoms with E-state index in [-0.39, 0.29) is 5.75 Å². The Morgan fingerprint density at radius 2 is 1.95 bits per heavy atom. The SMILES string of the molecule is CCC(CC)n1c(-c2ccccc2)cnc1SCC(=O)O. The van der Waals surface area contributed by atoms with Crippen LogP contribution in [0.1, 0.15) is 32.7 Å². The van der Waals surface area contributed by atoms with E-state index in [0.717, 1.165) is 29.3 Å². The number of aromatic nitrogens is 2. The largest absolute Gasteiger partial charge is 0.481 e. The Kier molecular flexibility index (Phi) is 5.44. The number of carboxylic acid groups (broad SMARTS) is 1. The zero-order chi connectivity index (χ0) is 15.2. The first kappa shape index (κ1) is 15.6. The van der Waals surface area contributed by atoms with Gasteiger partial charge in [0.2, 0.25) is 0 Å². The average Bonchev–Trinajstić information content (AvgIpc) is 2.91. The summed E-state index contributed by atoms with van der Waals surface area (Å²) in [6.45, 7) is 4.29. The molecule has 4 nitrogen and oxygen atoms in total. The summed E-state index contributed by atoms with van der Waals surface area (Å²) in [6.07, 6.45) is 3.83. The van der Waals surface area contributed by atoms with Gasteiger partial charge in [0.05, 0.1) is 17.6 Å². The van der Waals surface area contributed by atoms with E-state index in [9.17, 15) is 4.79 Å². The van der Waals surface area contributed by atoms with Crippen LogP contribution in [0, 0.1) is 0 Å². The molecule has 0 aliphatic carbocycles. The Balaban J connectivity index is 2.43. The molecule has 0 fully saturated rings. The van der Waals surface area contributed by atoms with Crippen LogP contribution in [0.25, 0.3) is 11.3 Å². The number of thioether (sulfide) groups is 1. The second-order valence-corrected chi connectivity index (χ2v) is 5.76. The Bertz CT molecular complexity index is 592. The number of carbonyl (C=O) groups is 1. The minimum absolute atomic E-state index is 0.0331. The van der Waals surface area contributed by atoms with Gasteiger partial charge < -0.3 is 9.67 Å². The zero-order valence-corrected chi connectivity index (χ0v) is 13.1. The standard InChI is InChI=1S/C16H20N2O2S/c1-3-13(4-2)18-14(12-8-6-5-7-9-12)10-17-16(18)21-11-15(19)20/h5-10,13H,3-4,11H2,1-2H3,(H,19,20). The first-order chi connectivity index (χ1) is 10.2. The van der Waals surface area contributed by atoms with E-state index in [0.29, 0.717) is 6.04 Å². The molecule has 5 heteroatoms. The normalized spacial score (nSPS) is 11.0. The van der Waals surface area contributed by atoms with Crippen molar-refractivity contribution in [2.75, 3.05) is 5.75 Å². The van der Waals surface area contributed by atoms with Crippen molar-refractivity contribution in [3.63, 3.8) is 0 Å². The number of hydrogen-bond acceptors (Lipinski definition) is 3. The lowest BCUT2D eigenvalue weighted by Gasteiger charge is -2.20. The first-order valence-electron chi connectivity index (χ1n) is 7.14. The molecule has 1 aromatic carbocycles. The van der Waals surface area contributed by atoms with Crippen molar-refractivity contribution in [3.8, 4) is 11.3 Å². The molecule has 0 aliphatic rings. The molecule has 21 heavy (non-hydrogen) atoms. The molecule has 0 saturated heterocycles. The van der Waals surface area contributed by atoms with Gasteiger partial charge >= 0.3 is 5.97 Å². The average molecular weight is 304 g/mol. The minimum atomic E-state index is -0.819. The summed E-state index contributed by atoms with van der Waals surface area (Å²) in [5.41, 5.74) is 2.16. The zero-order valence-electron chi connectivity index (χ0n) is 12.3. The highest BCUT2D eigenvalue weighted by Crippen LogP contribution is 2.32. The fourth-order valence-corrected chi connectivity index (χ4v) is 3.17. The predicted octanol–water partition coefficient (Wildman–Crippen LogP) is 4.09. The predicted molar refractivity (Wildman–Crippen MR) is 85.6 cm³/mol. The molecule has 1 N–H and O–H groups in total. The molecule has 1 aromatic heterocycles. The van der Waals surface area contributed by atoms with Gasteiger partial charge in [-0.25, -0.2) is 4.98 Å². The van der Waals surface area contributed by atoms with Crippen LogP contribution < -0.4 is 0 Å². The molecule has 0 spiro atoms. The van der Waals surface area contributed by atoms with Crippen LogP contribution in [-0.4, -0.2) is 26.4 Å². The summed E-state index contributed by atoms with van der Waals surface area (Å²) >= 11 is 1.28. The minimum Gasteiger partial charge on any atom is -0.481 e. The van der Waals surface area contributed by atoms with Gasteiger partial charge in [0.15, 0.2) is 5.16 Å². The summed E-state index contributed by atoms with van der Waals surface area (Å²) in [6, 6.07) is 10.4. The van der Waals surface area contributed by atoms with Crippen LogP contribution in [-0.2, 0) is 4.79 Å². The molecule has 0 aliphatic heterocycles. The maximum atomic E-state index is 10.8. The molecule has 0 saturated carbocycles. The van der Waals surface area contributed by atoms with Gasteiger partial charge in [0.1, 0.15) is 0 Å². The molecule has 2 aromatic rings. The first-order valence-corrected chi connectivity index (χ1v) is 8.13. The number of carboxylic acids is 1. The Morgan fingerprint density at radius 3 is 2.52 bits per heavy atom. The fourth-order valence-electron chi connectivity index (χ4n) is 2.41. The Labute approximate surface area is 129 Å². The van der Waals surface area contributed by atoms with Gasteiger partial charge in [-0.05, 0) is 18.4 Å². The van der Waals surface area contributed by atoms with Gasteiger partial charge in [-0.2, -0.15) is 0 Å². The number of benzene rings is 1. The third-order valence-corrected chi connectivity index (χ3v) is 4.42. The highest BCUT2D eigenvalue weighted by molar-refractivity contribution is 7.99. The Morgan fingerprint density at radius 1 is 1.29 bits per heavy atom. The summed E-state index contributed by atoms with van der Waals surface area (Å²) < 4.78 is 2.18. The van der Waals surface area contributed by atoms with E-state index in [2.05, 4.69) is 35.5 Å². The van der Waals surface area contributed by atoms with Crippen LogP contribution in [0.5, 0.6) is 0 Å². The lowest BCUT2D eigenvalue weighted by molar-refractivity contribution is -0.133. The molecule has 0 atom stereocenters. The maximum absolute atomic E-state index is 10.8. The van der Waals surface area contributed by atoms with E-state index < -0.39 is 5.97 Å². The Hall–Kier alpha value is -1.75. The van der Waals surface area contributed by atoms with Crippen molar-refractivity contribution in [1.82, 2.24) is 9.55 Å². The van der Waals surface area contributed by atoms with Crippen molar-refractivity contribution >= 4 is 17.7 Å². The highest BCUT2D eigenvalue weighted by Gasteiger charge is 2.18. The molecule has 112 valence electrons. The van der Waals surface area contributed by atoms with Crippen molar-refractivity contribution in [2.45, 2.75) is 37.9 Å². The summed E-state index contributed by atoms with van der Waals surface area (Å²) in [5.74, 6) is -0.786. The second kappa shape index (κ2) is 7.31.